The summed E-state index contributed by atoms with van der Waals surface area (Å²) in [5.74, 6) is 0.355. The van der Waals surface area contributed by atoms with E-state index in [4.69, 9.17) is 0 Å². The van der Waals surface area contributed by atoms with Crippen LogP contribution in [0.5, 0.6) is 5.75 Å². The fraction of sp³-hybridized carbons (Fsp3) is 0.667. The van der Waals surface area contributed by atoms with E-state index in [0.29, 0.717) is 11.5 Å². The molecule has 134 valence electrons. The summed E-state index contributed by atoms with van der Waals surface area (Å²) in [5.41, 5.74) is 0.684. The molecule has 1 heterocycles. The van der Waals surface area contributed by atoms with Crippen LogP contribution in [0.3, 0.4) is 0 Å². The van der Waals surface area contributed by atoms with Gasteiger partial charge in [0, 0.05) is 37.8 Å². The van der Waals surface area contributed by atoms with Crippen molar-refractivity contribution in [3.8, 4) is 5.75 Å². The molecule has 0 aromatic heterocycles. The van der Waals surface area contributed by atoms with E-state index in [9.17, 15) is 13.2 Å². The van der Waals surface area contributed by atoms with Gasteiger partial charge in [-0.05, 0) is 24.8 Å². The second kappa shape index (κ2) is 7.74. The minimum Gasteiger partial charge on any atom is -0.405 e. The third-order valence-corrected chi connectivity index (χ3v) is 5.10. The van der Waals surface area contributed by atoms with Crippen molar-refractivity contribution >= 4 is 0 Å². The summed E-state index contributed by atoms with van der Waals surface area (Å²) in [7, 11) is 0. The van der Waals surface area contributed by atoms with Crippen LogP contribution in [-0.2, 0) is 0 Å². The van der Waals surface area contributed by atoms with E-state index < -0.39 is 6.36 Å². The Balaban J connectivity index is 1.92. The summed E-state index contributed by atoms with van der Waals surface area (Å²) >= 11 is 0. The van der Waals surface area contributed by atoms with Gasteiger partial charge < -0.3 is 10.1 Å². The lowest BCUT2D eigenvalue weighted by Gasteiger charge is -2.41. The van der Waals surface area contributed by atoms with E-state index in [0.717, 1.165) is 51.9 Å². The quantitative estimate of drug-likeness (QED) is 0.891. The molecule has 0 amide bonds. The standard InChI is InChI=1S/C18H25F3N2O/c19-18(20,21)24-16-9-5-4-8-15(16)17(14-6-2-1-3-7-14)23-12-10-22-11-13-23/h4-5,8-9,14,17,22H,1-3,6-7,10-13H2/t17-/m0/s1. The fourth-order valence-corrected chi connectivity index (χ4v) is 4.10. The molecule has 1 aromatic carbocycles. The summed E-state index contributed by atoms with van der Waals surface area (Å²) in [6.07, 6.45) is 1.05. The number of halogens is 3. The number of hydrogen-bond donors (Lipinski definition) is 1. The second-order valence-corrected chi connectivity index (χ2v) is 6.71. The fourth-order valence-electron chi connectivity index (χ4n) is 4.10. The Morgan fingerprint density at radius 2 is 1.71 bits per heavy atom. The van der Waals surface area contributed by atoms with E-state index in [1.54, 1.807) is 6.07 Å². The third kappa shape index (κ3) is 4.42. The monoisotopic (exact) mass is 342 g/mol. The van der Waals surface area contributed by atoms with Gasteiger partial charge in [-0.15, -0.1) is 13.2 Å². The van der Waals surface area contributed by atoms with Gasteiger partial charge in [0.1, 0.15) is 5.75 Å². The van der Waals surface area contributed by atoms with Gasteiger partial charge in [0.2, 0.25) is 0 Å². The molecule has 0 unspecified atom stereocenters. The smallest absolute Gasteiger partial charge is 0.405 e. The Kier molecular flexibility index (Phi) is 5.66. The molecule has 1 aromatic rings. The first-order valence-electron chi connectivity index (χ1n) is 8.84. The number of rotatable bonds is 4. The van der Waals surface area contributed by atoms with Gasteiger partial charge in [-0.25, -0.2) is 0 Å². The predicted molar refractivity (Wildman–Crippen MR) is 86.9 cm³/mol. The van der Waals surface area contributed by atoms with Gasteiger partial charge in [-0.1, -0.05) is 37.5 Å². The zero-order valence-electron chi connectivity index (χ0n) is 13.8. The number of benzene rings is 1. The summed E-state index contributed by atoms with van der Waals surface area (Å²) in [4.78, 5) is 2.34. The minimum atomic E-state index is -4.66. The van der Waals surface area contributed by atoms with E-state index >= 15 is 0 Å². The van der Waals surface area contributed by atoms with Crippen LogP contribution in [0.4, 0.5) is 13.2 Å². The molecule has 0 radical (unpaired) electrons. The molecule has 1 aliphatic heterocycles. The molecule has 2 fully saturated rings. The van der Waals surface area contributed by atoms with Crippen LogP contribution in [0.15, 0.2) is 24.3 Å². The normalized spacial score (nSPS) is 22.3. The number of para-hydroxylation sites is 1. The van der Waals surface area contributed by atoms with Crippen molar-refractivity contribution < 1.29 is 17.9 Å². The minimum absolute atomic E-state index is 0.00551. The third-order valence-electron chi connectivity index (χ3n) is 5.10. The van der Waals surface area contributed by atoms with Crippen LogP contribution in [-0.4, -0.2) is 37.4 Å². The first-order chi connectivity index (χ1) is 11.5. The molecule has 0 spiro atoms. The molecule has 1 atom stereocenters. The molecular weight excluding hydrogens is 317 g/mol. The molecule has 3 nitrogen and oxygen atoms in total. The summed E-state index contributed by atoms with van der Waals surface area (Å²) in [6, 6.07) is 6.69. The average molecular weight is 342 g/mol. The summed E-state index contributed by atoms with van der Waals surface area (Å²) in [6.45, 7) is 3.49. The van der Waals surface area contributed by atoms with Crippen molar-refractivity contribution in [2.45, 2.75) is 44.5 Å². The van der Waals surface area contributed by atoms with Crippen LogP contribution < -0.4 is 10.1 Å². The van der Waals surface area contributed by atoms with Crippen molar-refractivity contribution in [1.82, 2.24) is 10.2 Å². The maximum atomic E-state index is 12.8. The Morgan fingerprint density at radius 3 is 2.38 bits per heavy atom. The van der Waals surface area contributed by atoms with E-state index in [1.165, 1.54) is 12.5 Å². The average Bonchev–Trinajstić information content (AvgIpc) is 2.57. The lowest BCUT2D eigenvalue weighted by atomic mass is 9.80. The molecule has 0 bridgehead atoms. The molecule has 2 aliphatic rings. The van der Waals surface area contributed by atoms with Gasteiger partial charge in [-0.3, -0.25) is 4.90 Å². The highest BCUT2D eigenvalue weighted by molar-refractivity contribution is 5.37. The lowest BCUT2D eigenvalue weighted by Crippen LogP contribution is -2.47. The summed E-state index contributed by atoms with van der Waals surface area (Å²) < 4.78 is 42.8. The summed E-state index contributed by atoms with van der Waals surface area (Å²) in [5, 5.41) is 3.32. The van der Waals surface area contributed by atoms with Crippen molar-refractivity contribution in [3.05, 3.63) is 29.8 Å². The van der Waals surface area contributed by atoms with E-state index in [2.05, 4.69) is 15.0 Å². The Hall–Kier alpha value is -1.27. The molecule has 1 N–H and O–H groups in total. The zero-order chi connectivity index (χ0) is 17.0. The number of nitrogens with one attached hydrogen (secondary N) is 1. The SMILES string of the molecule is FC(F)(F)Oc1ccccc1[C@H](C1CCCCC1)N1CCNCC1. The predicted octanol–water partition coefficient (Wildman–Crippen LogP) is 4.11. The van der Waals surface area contributed by atoms with Crippen molar-refractivity contribution in [1.29, 1.82) is 0 Å². The molecule has 1 saturated carbocycles. The van der Waals surface area contributed by atoms with Gasteiger partial charge in [-0.2, -0.15) is 0 Å². The number of piperazine rings is 1. The highest BCUT2D eigenvalue weighted by Crippen LogP contribution is 2.42. The Morgan fingerprint density at radius 1 is 1.04 bits per heavy atom. The second-order valence-electron chi connectivity index (χ2n) is 6.71. The van der Waals surface area contributed by atoms with E-state index in [-0.39, 0.29) is 11.8 Å². The van der Waals surface area contributed by atoms with Crippen molar-refractivity contribution in [2.75, 3.05) is 26.2 Å². The molecule has 24 heavy (non-hydrogen) atoms. The maximum absolute atomic E-state index is 12.8. The molecule has 6 heteroatoms. The molecule has 1 saturated heterocycles. The maximum Gasteiger partial charge on any atom is 0.573 e. The Labute approximate surface area is 141 Å². The number of hydrogen-bond acceptors (Lipinski definition) is 3. The lowest BCUT2D eigenvalue weighted by molar-refractivity contribution is -0.275. The van der Waals surface area contributed by atoms with E-state index in [1.807, 2.05) is 12.1 Å². The van der Waals surface area contributed by atoms with Crippen LogP contribution in [0, 0.1) is 5.92 Å². The highest BCUT2D eigenvalue weighted by Gasteiger charge is 2.36. The van der Waals surface area contributed by atoms with Gasteiger partial charge >= 0.3 is 6.36 Å². The van der Waals surface area contributed by atoms with Gasteiger partial charge in [0.15, 0.2) is 0 Å². The van der Waals surface area contributed by atoms with Gasteiger partial charge in [0.05, 0.1) is 0 Å². The number of alkyl halides is 3. The zero-order valence-corrected chi connectivity index (χ0v) is 13.8. The van der Waals surface area contributed by atoms with Crippen LogP contribution in [0.2, 0.25) is 0 Å². The number of nitrogens with zero attached hydrogens (tertiary/aromatic N) is 1. The molecule has 3 rings (SSSR count). The van der Waals surface area contributed by atoms with Crippen molar-refractivity contribution in [2.24, 2.45) is 5.92 Å². The first-order valence-corrected chi connectivity index (χ1v) is 8.84. The van der Waals surface area contributed by atoms with Crippen molar-refractivity contribution in [3.63, 3.8) is 0 Å². The van der Waals surface area contributed by atoms with Crippen LogP contribution >= 0.6 is 0 Å². The largest absolute Gasteiger partial charge is 0.573 e. The number of ether oxygens (including phenoxy) is 1. The van der Waals surface area contributed by atoms with Gasteiger partial charge in [0.25, 0.3) is 0 Å². The van der Waals surface area contributed by atoms with Crippen LogP contribution in [0.1, 0.15) is 43.7 Å². The molecular formula is C18H25F3N2O. The molecule has 1 aliphatic carbocycles. The first kappa shape index (κ1) is 17.5. The topological polar surface area (TPSA) is 24.5 Å². The Bertz CT molecular complexity index is 505. The van der Waals surface area contributed by atoms with Crippen LogP contribution in [0.25, 0.3) is 0 Å². The highest BCUT2D eigenvalue weighted by atomic mass is 19.4.